The zero-order valence-corrected chi connectivity index (χ0v) is 11.6. The van der Waals surface area contributed by atoms with Crippen molar-refractivity contribution in [3.05, 3.63) is 41.2 Å². The summed E-state index contributed by atoms with van der Waals surface area (Å²) in [5.41, 5.74) is 4.07. The van der Waals surface area contributed by atoms with Gasteiger partial charge in [-0.2, -0.15) is 0 Å². The summed E-state index contributed by atoms with van der Waals surface area (Å²) < 4.78 is 2.22. The van der Waals surface area contributed by atoms with Crippen LogP contribution in [0.1, 0.15) is 35.6 Å². The number of aromatic nitrogens is 3. The van der Waals surface area contributed by atoms with Crippen molar-refractivity contribution in [1.82, 2.24) is 14.8 Å². The van der Waals surface area contributed by atoms with Crippen molar-refractivity contribution in [1.29, 1.82) is 0 Å². The number of hydrogen-bond donors (Lipinski definition) is 0. The lowest BCUT2D eigenvalue weighted by Crippen LogP contribution is -1.95. The maximum atomic E-state index is 4.22. The first-order valence-electron chi connectivity index (χ1n) is 6.32. The van der Waals surface area contributed by atoms with Gasteiger partial charge < -0.3 is 4.57 Å². The van der Waals surface area contributed by atoms with Gasteiger partial charge >= 0.3 is 0 Å². The molecule has 0 spiro atoms. The first-order chi connectivity index (χ1) is 8.74. The predicted octanol–water partition coefficient (Wildman–Crippen LogP) is 3.52. The second-order valence-corrected chi connectivity index (χ2v) is 5.91. The highest BCUT2D eigenvalue weighted by Crippen LogP contribution is 2.37. The molecule has 1 heterocycles. The fraction of sp³-hybridized carbons (Fsp3) is 0.429. The Morgan fingerprint density at radius 2 is 2.17 bits per heavy atom. The van der Waals surface area contributed by atoms with E-state index in [4.69, 9.17) is 0 Å². The molecule has 94 valence electrons. The van der Waals surface area contributed by atoms with Gasteiger partial charge in [0.15, 0.2) is 5.16 Å². The van der Waals surface area contributed by atoms with Crippen LogP contribution < -0.4 is 0 Å². The molecule has 3 rings (SSSR count). The highest BCUT2D eigenvalue weighted by molar-refractivity contribution is 7.98. The molecule has 0 N–H and O–H groups in total. The Morgan fingerprint density at radius 1 is 1.33 bits per heavy atom. The van der Waals surface area contributed by atoms with Crippen molar-refractivity contribution in [3.8, 4) is 0 Å². The lowest BCUT2D eigenvalue weighted by atomic mass is 10.1. The third-order valence-corrected chi connectivity index (χ3v) is 4.35. The average molecular weight is 259 g/mol. The van der Waals surface area contributed by atoms with Gasteiger partial charge in [-0.3, -0.25) is 0 Å². The van der Waals surface area contributed by atoms with E-state index in [2.05, 4.69) is 46.8 Å². The van der Waals surface area contributed by atoms with Gasteiger partial charge in [0.1, 0.15) is 6.33 Å². The van der Waals surface area contributed by atoms with Crippen LogP contribution in [0.5, 0.6) is 0 Å². The van der Waals surface area contributed by atoms with Crippen LogP contribution in [0.2, 0.25) is 0 Å². The molecule has 1 aliphatic carbocycles. The van der Waals surface area contributed by atoms with Crippen LogP contribution in [0.15, 0.2) is 29.7 Å². The zero-order chi connectivity index (χ0) is 12.5. The molecule has 1 aliphatic rings. The van der Waals surface area contributed by atoms with Crippen LogP contribution in [-0.2, 0) is 5.75 Å². The molecule has 1 aromatic heterocycles. The Morgan fingerprint density at radius 3 is 2.94 bits per heavy atom. The van der Waals surface area contributed by atoms with E-state index in [0.717, 1.165) is 10.9 Å². The lowest BCUT2D eigenvalue weighted by Gasteiger charge is -2.07. The number of benzene rings is 1. The van der Waals surface area contributed by atoms with E-state index in [0.29, 0.717) is 6.04 Å². The van der Waals surface area contributed by atoms with Crippen molar-refractivity contribution in [3.63, 3.8) is 0 Å². The fourth-order valence-electron chi connectivity index (χ4n) is 2.04. The molecule has 0 atom stereocenters. The number of nitrogens with zero attached hydrogens (tertiary/aromatic N) is 3. The van der Waals surface area contributed by atoms with E-state index in [1.807, 2.05) is 6.33 Å². The maximum Gasteiger partial charge on any atom is 0.191 e. The predicted molar refractivity (Wildman–Crippen MR) is 73.8 cm³/mol. The minimum atomic E-state index is 0.654. The van der Waals surface area contributed by atoms with Gasteiger partial charge in [-0.05, 0) is 37.8 Å². The SMILES string of the molecule is Cc1ccc(C)c(CSc2nncn2C2CC2)c1. The summed E-state index contributed by atoms with van der Waals surface area (Å²) in [6, 6.07) is 7.27. The van der Waals surface area contributed by atoms with Gasteiger partial charge in [0, 0.05) is 11.8 Å². The standard InChI is InChI=1S/C14H17N3S/c1-10-3-4-11(2)12(7-10)8-18-14-16-15-9-17(14)13-5-6-13/h3-4,7,9,13H,5-6,8H2,1-2H3. The normalized spacial score (nSPS) is 15.0. The van der Waals surface area contributed by atoms with Crippen LogP contribution in [0, 0.1) is 13.8 Å². The average Bonchev–Trinajstić information content (AvgIpc) is 3.10. The fourth-order valence-corrected chi connectivity index (χ4v) is 3.08. The number of thioether (sulfide) groups is 1. The molecular formula is C14H17N3S. The van der Waals surface area contributed by atoms with Crippen LogP contribution in [-0.4, -0.2) is 14.8 Å². The summed E-state index contributed by atoms with van der Waals surface area (Å²) in [5, 5.41) is 9.30. The van der Waals surface area contributed by atoms with Crippen molar-refractivity contribution >= 4 is 11.8 Å². The summed E-state index contributed by atoms with van der Waals surface area (Å²) in [6.45, 7) is 4.31. The Bertz CT molecular complexity index is 558. The Labute approximate surface area is 112 Å². The summed E-state index contributed by atoms with van der Waals surface area (Å²) >= 11 is 1.79. The van der Waals surface area contributed by atoms with E-state index >= 15 is 0 Å². The lowest BCUT2D eigenvalue weighted by molar-refractivity contribution is 0.663. The van der Waals surface area contributed by atoms with Crippen LogP contribution >= 0.6 is 11.8 Å². The first-order valence-corrected chi connectivity index (χ1v) is 7.31. The van der Waals surface area contributed by atoms with E-state index < -0.39 is 0 Å². The van der Waals surface area contributed by atoms with Crippen molar-refractivity contribution in [2.75, 3.05) is 0 Å². The van der Waals surface area contributed by atoms with Gasteiger partial charge in [0.2, 0.25) is 0 Å². The van der Waals surface area contributed by atoms with Crippen molar-refractivity contribution < 1.29 is 0 Å². The molecule has 1 aromatic carbocycles. The molecule has 0 aliphatic heterocycles. The molecule has 4 heteroatoms. The Balaban J connectivity index is 1.73. The molecule has 1 fully saturated rings. The van der Waals surface area contributed by atoms with Crippen LogP contribution in [0.4, 0.5) is 0 Å². The molecule has 0 radical (unpaired) electrons. The van der Waals surface area contributed by atoms with Crippen molar-refractivity contribution in [2.24, 2.45) is 0 Å². The molecule has 3 nitrogen and oxygen atoms in total. The molecule has 18 heavy (non-hydrogen) atoms. The second-order valence-electron chi connectivity index (χ2n) is 4.97. The zero-order valence-electron chi connectivity index (χ0n) is 10.8. The molecule has 0 bridgehead atoms. The van der Waals surface area contributed by atoms with Gasteiger partial charge in [-0.15, -0.1) is 10.2 Å². The third-order valence-electron chi connectivity index (χ3n) is 3.34. The minimum Gasteiger partial charge on any atom is -0.306 e. The second kappa shape index (κ2) is 4.76. The highest BCUT2D eigenvalue weighted by atomic mass is 32.2. The number of aryl methyl sites for hydroxylation is 2. The summed E-state index contributed by atoms with van der Waals surface area (Å²) in [4.78, 5) is 0. The molecule has 0 amide bonds. The third kappa shape index (κ3) is 2.43. The van der Waals surface area contributed by atoms with Gasteiger partial charge in [-0.25, -0.2) is 0 Å². The topological polar surface area (TPSA) is 30.7 Å². The first kappa shape index (κ1) is 11.8. The van der Waals surface area contributed by atoms with E-state index in [-0.39, 0.29) is 0 Å². The van der Waals surface area contributed by atoms with E-state index in [1.54, 1.807) is 11.8 Å². The van der Waals surface area contributed by atoms with Crippen LogP contribution in [0.25, 0.3) is 0 Å². The smallest absolute Gasteiger partial charge is 0.191 e. The summed E-state index contributed by atoms with van der Waals surface area (Å²) in [5.74, 6) is 0.971. The van der Waals surface area contributed by atoms with E-state index in [1.165, 1.54) is 29.5 Å². The quantitative estimate of drug-likeness (QED) is 0.787. The molecular weight excluding hydrogens is 242 g/mol. The van der Waals surface area contributed by atoms with Gasteiger partial charge in [-0.1, -0.05) is 35.5 Å². The Hall–Kier alpha value is -1.29. The van der Waals surface area contributed by atoms with Crippen molar-refractivity contribution in [2.45, 2.75) is 43.6 Å². The summed E-state index contributed by atoms with van der Waals surface area (Å²) in [6.07, 6.45) is 4.41. The van der Waals surface area contributed by atoms with E-state index in [9.17, 15) is 0 Å². The largest absolute Gasteiger partial charge is 0.306 e. The molecule has 2 aromatic rings. The van der Waals surface area contributed by atoms with Gasteiger partial charge in [0.05, 0.1) is 0 Å². The highest BCUT2D eigenvalue weighted by Gasteiger charge is 2.26. The van der Waals surface area contributed by atoms with Gasteiger partial charge in [0.25, 0.3) is 0 Å². The molecule has 1 saturated carbocycles. The van der Waals surface area contributed by atoms with Crippen LogP contribution in [0.3, 0.4) is 0 Å². The monoisotopic (exact) mass is 259 g/mol. The number of hydrogen-bond acceptors (Lipinski definition) is 3. The molecule has 0 saturated heterocycles. The summed E-state index contributed by atoms with van der Waals surface area (Å²) in [7, 11) is 0. The maximum absolute atomic E-state index is 4.22. The number of rotatable bonds is 4. The minimum absolute atomic E-state index is 0.654. The Kier molecular flexibility index (Phi) is 3.12. The molecule has 0 unspecified atom stereocenters.